The van der Waals surface area contributed by atoms with Crippen molar-refractivity contribution in [1.82, 2.24) is 20.4 Å². The first-order valence-corrected chi connectivity index (χ1v) is 11.3. The maximum atomic E-state index is 12.4. The summed E-state index contributed by atoms with van der Waals surface area (Å²) in [5.74, 6) is -1.03. The van der Waals surface area contributed by atoms with Crippen LogP contribution in [-0.2, 0) is 9.59 Å². The summed E-state index contributed by atoms with van der Waals surface area (Å²) in [5.41, 5.74) is 0.360. The van der Waals surface area contributed by atoms with Crippen LogP contribution in [0.1, 0.15) is 32.6 Å². The maximum absolute atomic E-state index is 12.4. The number of hydrogen-bond acceptors (Lipinski definition) is 6. The summed E-state index contributed by atoms with van der Waals surface area (Å²) < 4.78 is 40.5. The molecule has 2 aliphatic rings. The molecule has 4 amide bonds. The van der Waals surface area contributed by atoms with Crippen molar-refractivity contribution in [2.45, 2.75) is 51.1 Å². The maximum Gasteiger partial charge on any atom is 0.573 e. The van der Waals surface area contributed by atoms with E-state index in [1.807, 2.05) is 9.80 Å². The quantitative estimate of drug-likeness (QED) is 0.548. The average molecular weight is 486 g/mol. The van der Waals surface area contributed by atoms with Crippen LogP contribution in [0.4, 0.5) is 23.7 Å². The summed E-state index contributed by atoms with van der Waals surface area (Å²) in [4.78, 5) is 40.6. The van der Waals surface area contributed by atoms with E-state index in [4.69, 9.17) is 0 Å². The molecule has 1 aliphatic heterocycles. The highest BCUT2D eigenvalue weighted by Crippen LogP contribution is 2.24. The number of urea groups is 1. The number of carbonyl (C=O) groups excluding carboxylic acids is 3. The smallest absolute Gasteiger partial charge is 0.406 e. The van der Waals surface area contributed by atoms with Crippen LogP contribution in [0.2, 0.25) is 0 Å². The van der Waals surface area contributed by atoms with Crippen LogP contribution < -0.4 is 20.7 Å². The van der Waals surface area contributed by atoms with Gasteiger partial charge in [0, 0.05) is 37.9 Å². The Morgan fingerprint density at radius 3 is 2.26 bits per heavy atom. The van der Waals surface area contributed by atoms with Crippen LogP contribution in [0.5, 0.6) is 5.75 Å². The van der Waals surface area contributed by atoms with Crippen LogP contribution in [0.3, 0.4) is 0 Å². The van der Waals surface area contributed by atoms with Gasteiger partial charge in [-0.3, -0.25) is 24.7 Å². The lowest BCUT2D eigenvalue weighted by Crippen LogP contribution is -2.56. The highest BCUT2D eigenvalue weighted by Gasteiger charge is 2.31. The number of carbonyl (C=O) groups is 3. The lowest BCUT2D eigenvalue weighted by Gasteiger charge is -2.37. The monoisotopic (exact) mass is 485 g/mol. The predicted octanol–water partition coefficient (Wildman–Crippen LogP) is 2.30. The van der Waals surface area contributed by atoms with Crippen molar-refractivity contribution in [2.24, 2.45) is 0 Å². The zero-order valence-corrected chi connectivity index (χ0v) is 19.0. The zero-order chi connectivity index (χ0) is 24.7. The molecule has 0 aromatic heterocycles. The number of nitrogens with zero attached hydrogens (tertiary/aromatic N) is 2. The van der Waals surface area contributed by atoms with E-state index in [-0.39, 0.29) is 30.2 Å². The van der Waals surface area contributed by atoms with Gasteiger partial charge in [0.15, 0.2) is 0 Å². The Morgan fingerprint density at radius 1 is 1.06 bits per heavy atom. The van der Waals surface area contributed by atoms with Crippen molar-refractivity contribution in [1.29, 1.82) is 0 Å². The van der Waals surface area contributed by atoms with Gasteiger partial charge in [-0.1, -0.05) is 12.8 Å². The third-order valence-corrected chi connectivity index (χ3v) is 6.00. The molecule has 0 bridgehead atoms. The van der Waals surface area contributed by atoms with E-state index in [0.717, 1.165) is 37.8 Å². The summed E-state index contributed by atoms with van der Waals surface area (Å²) >= 11 is 0. The number of imide groups is 1. The van der Waals surface area contributed by atoms with Gasteiger partial charge in [-0.2, -0.15) is 0 Å². The van der Waals surface area contributed by atoms with Gasteiger partial charge in [-0.05, 0) is 44.0 Å². The number of ether oxygens (including phenoxy) is 1. The topological polar surface area (TPSA) is 103 Å². The van der Waals surface area contributed by atoms with Gasteiger partial charge < -0.3 is 15.4 Å². The van der Waals surface area contributed by atoms with Crippen molar-refractivity contribution in [3.8, 4) is 5.75 Å². The third kappa shape index (κ3) is 8.17. The molecule has 12 heteroatoms. The average Bonchev–Trinajstić information content (AvgIpc) is 3.27. The molecule has 2 fully saturated rings. The summed E-state index contributed by atoms with van der Waals surface area (Å²) in [6.45, 7) is 4.06. The molecule has 0 radical (unpaired) electrons. The molecule has 1 heterocycles. The molecule has 1 saturated heterocycles. The van der Waals surface area contributed by atoms with Gasteiger partial charge in [-0.25, -0.2) is 4.79 Å². The molecule has 9 nitrogen and oxygen atoms in total. The second-order valence-electron chi connectivity index (χ2n) is 8.55. The molecule has 34 heavy (non-hydrogen) atoms. The fourth-order valence-electron chi connectivity index (χ4n) is 4.13. The van der Waals surface area contributed by atoms with Crippen LogP contribution >= 0.6 is 0 Å². The molecule has 0 spiro atoms. The summed E-state index contributed by atoms with van der Waals surface area (Å²) in [5, 5.41) is 7.88. The standard InChI is InChI=1S/C22H30F3N5O4/c1-15(20(32)28-21(33)27-16-4-2-3-5-16)30-12-10-29(11-13-30)14-19(31)26-17-6-8-18(9-7-17)34-22(23,24)25/h6-9,15-16H,2-5,10-14H2,1H3,(H,26,31)(H2,27,28,32,33). The van der Waals surface area contributed by atoms with Gasteiger partial charge in [0.25, 0.3) is 0 Å². The van der Waals surface area contributed by atoms with Crippen molar-refractivity contribution in [3.05, 3.63) is 24.3 Å². The fourth-order valence-corrected chi connectivity index (χ4v) is 4.13. The molecule has 188 valence electrons. The lowest BCUT2D eigenvalue weighted by molar-refractivity contribution is -0.274. The van der Waals surface area contributed by atoms with Crippen molar-refractivity contribution in [2.75, 3.05) is 38.0 Å². The van der Waals surface area contributed by atoms with Gasteiger partial charge in [0.2, 0.25) is 11.8 Å². The van der Waals surface area contributed by atoms with E-state index >= 15 is 0 Å². The van der Waals surface area contributed by atoms with Crippen LogP contribution in [0, 0.1) is 0 Å². The SMILES string of the molecule is CC(C(=O)NC(=O)NC1CCCC1)N1CCN(CC(=O)Nc2ccc(OC(F)(F)F)cc2)CC1. The predicted molar refractivity (Wildman–Crippen MR) is 118 cm³/mol. The molecule has 1 atom stereocenters. The Labute approximate surface area is 196 Å². The van der Waals surface area contributed by atoms with E-state index in [9.17, 15) is 27.6 Å². The molecule has 1 unspecified atom stereocenters. The Bertz CT molecular complexity index is 851. The number of alkyl halides is 3. The second kappa shape index (κ2) is 11.5. The Kier molecular flexibility index (Phi) is 8.72. The number of benzene rings is 1. The molecule has 1 aromatic carbocycles. The third-order valence-electron chi connectivity index (χ3n) is 6.00. The van der Waals surface area contributed by atoms with Crippen molar-refractivity contribution in [3.63, 3.8) is 0 Å². The zero-order valence-electron chi connectivity index (χ0n) is 19.0. The minimum Gasteiger partial charge on any atom is -0.406 e. The van der Waals surface area contributed by atoms with Crippen LogP contribution in [0.15, 0.2) is 24.3 Å². The van der Waals surface area contributed by atoms with E-state index in [1.165, 1.54) is 12.1 Å². The molecule has 3 rings (SSSR count). The summed E-state index contributed by atoms with van der Waals surface area (Å²) in [6.07, 6.45) is -0.733. The Balaban J connectivity index is 1.37. The normalized spacial score (nSPS) is 18.8. The molecule has 1 aromatic rings. The number of piperazine rings is 1. The molecule has 3 N–H and O–H groups in total. The minimum atomic E-state index is -4.77. The van der Waals surface area contributed by atoms with Gasteiger partial charge in [0.05, 0.1) is 12.6 Å². The Morgan fingerprint density at radius 2 is 1.68 bits per heavy atom. The minimum absolute atomic E-state index is 0.110. The lowest BCUT2D eigenvalue weighted by atomic mass is 10.2. The van der Waals surface area contributed by atoms with E-state index in [1.54, 1.807) is 6.92 Å². The summed E-state index contributed by atoms with van der Waals surface area (Å²) in [7, 11) is 0. The molecular weight excluding hydrogens is 455 g/mol. The molecule has 1 saturated carbocycles. The first kappa shape index (κ1) is 25.8. The number of nitrogens with one attached hydrogen (secondary N) is 3. The first-order chi connectivity index (χ1) is 16.1. The highest BCUT2D eigenvalue weighted by molar-refractivity contribution is 5.97. The fraction of sp³-hybridized carbons (Fsp3) is 0.591. The van der Waals surface area contributed by atoms with Gasteiger partial charge >= 0.3 is 12.4 Å². The number of rotatable bonds is 7. The molecular formula is C22H30F3N5O4. The molecule has 1 aliphatic carbocycles. The van der Waals surface area contributed by atoms with Gasteiger partial charge in [0.1, 0.15) is 5.75 Å². The van der Waals surface area contributed by atoms with Crippen LogP contribution in [-0.4, -0.2) is 78.8 Å². The number of halogens is 3. The van der Waals surface area contributed by atoms with Gasteiger partial charge in [-0.15, -0.1) is 13.2 Å². The van der Waals surface area contributed by atoms with Crippen molar-refractivity contribution >= 4 is 23.5 Å². The number of hydrogen-bond donors (Lipinski definition) is 3. The van der Waals surface area contributed by atoms with Crippen molar-refractivity contribution < 1.29 is 32.3 Å². The van der Waals surface area contributed by atoms with E-state index in [0.29, 0.717) is 31.9 Å². The largest absolute Gasteiger partial charge is 0.573 e. The van der Waals surface area contributed by atoms with E-state index < -0.39 is 18.4 Å². The second-order valence-corrected chi connectivity index (χ2v) is 8.55. The highest BCUT2D eigenvalue weighted by atomic mass is 19.4. The summed E-state index contributed by atoms with van der Waals surface area (Å²) in [6, 6.07) is 4.11. The number of amides is 4. The Hall–Kier alpha value is -2.86. The number of anilines is 1. The van der Waals surface area contributed by atoms with Crippen LogP contribution in [0.25, 0.3) is 0 Å². The first-order valence-electron chi connectivity index (χ1n) is 11.3. The van der Waals surface area contributed by atoms with E-state index in [2.05, 4.69) is 20.7 Å².